The number of methoxy groups -OCH3 is 2. The Kier molecular flexibility index (Phi) is 4.32. The van der Waals surface area contributed by atoms with Crippen molar-refractivity contribution in [3.8, 4) is 11.5 Å². The molecular formula is C15H23NO3. The summed E-state index contributed by atoms with van der Waals surface area (Å²) in [6.07, 6.45) is 3.27. The molecule has 0 radical (unpaired) electrons. The summed E-state index contributed by atoms with van der Waals surface area (Å²) in [5.74, 6) is 1.58. The Labute approximate surface area is 114 Å². The first-order valence-corrected chi connectivity index (χ1v) is 6.71. The summed E-state index contributed by atoms with van der Waals surface area (Å²) >= 11 is 0. The molecule has 1 aliphatic rings. The van der Waals surface area contributed by atoms with Crippen LogP contribution in [0.4, 0.5) is 0 Å². The van der Waals surface area contributed by atoms with Crippen molar-refractivity contribution >= 4 is 0 Å². The van der Waals surface area contributed by atoms with Gasteiger partial charge >= 0.3 is 0 Å². The standard InChI is InChI=1S/C15H23NO3/c1-16-14(15(10-17)7-4-8-15)12-6-5-11(18-2)9-13(12)19-3/h5-6,9,14,16-17H,4,7-8,10H2,1-3H3. The summed E-state index contributed by atoms with van der Waals surface area (Å²) in [4.78, 5) is 0. The van der Waals surface area contributed by atoms with Crippen LogP contribution in [0, 0.1) is 5.41 Å². The second-order valence-corrected chi connectivity index (χ2v) is 5.20. The average Bonchev–Trinajstić information content (AvgIpc) is 2.42. The zero-order valence-corrected chi connectivity index (χ0v) is 11.9. The van der Waals surface area contributed by atoms with Gasteiger partial charge in [-0.2, -0.15) is 0 Å². The maximum Gasteiger partial charge on any atom is 0.127 e. The van der Waals surface area contributed by atoms with Crippen molar-refractivity contribution in [3.05, 3.63) is 23.8 Å². The third-order valence-corrected chi connectivity index (χ3v) is 4.32. The SMILES string of the molecule is CNC(c1ccc(OC)cc1OC)C1(CO)CCC1. The third kappa shape index (κ3) is 2.42. The highest BCUT2D eigenvalue weighted by molar-refractivity contribution is 5.43. The van der Waals surface area contributed by atoms with Crippen molar-refractivity contribution in [1.82, 2.24) is 5.32 Å². The minimum absolute atomic E-state index is 0.0589. The molecule has 1 atom stereocenters. The van der Waals surface area contributed by atoms with Crippen LogP contribution in [0.25, 0.3) is 0 Å². The Hall–Kier alpha value is -1.26. The summed E-state index contributed by atoms with van der Waals surface area (Å²) in [6, 6.07) is 5.95. The van der Waals surface area contributed by atoms with E-state index in [0.29, 0.717) is 0 Å². The monoisotopic (exact) mass is 265 g/mol. The third-order valence-electron chi connectivity index (χ3n) is 4.32. The summed E-state index contributed by atoms with van der Waals surface area (Å²) in [7, 11) is 5.24. The molecule has 4 heteroatoms. The van der Waals surface area contributed by atoms with Crippen molar-refractivity contribution in [2.75, 3.05) is 27.9 Å². The van der Waals surface area contributed by atoms with Gasteiger partial charge in [-0.15, -0.1) is 0 Å². The number of ether oxygens (including phenoxy) is 2. The summed E-state index contributed by atoms with van der Waals surface area (Å²) in [5, 5.41) is 13.1. The van der Waals surface area contributed by atoms with E-state index in [-0.39, 0.29) is 18.1 Å². The van der Waals surface area contributed by atoms with Gasteiger partial charge in [0.25, 0.3) is 0 Å². The van der Waals surface area contributed by atoms with Gasteiger partial charge in [0, 0.05) is 23.1 Å². The van der Waals surface area contributed by atoms with E-state index < -0.39 is 0 Å². The lowest BCUT2D eigenvalue weighted by molar-refractivity contribution is 0.00712. The van der Waals surface area contributed by atoms with Gasteiger partial charge in [-0.25, -0.2) is 0 Å². The van der Waals surface area contributed by atoms with E-state index in [9.17, 15) is 5.11 Å². The quantitative estimate of drug-likeness (QED) is 0.827. The number of hydrogen-bond donors (Lipinski definition) is 2. The topological polar surface area (TPSA) is 50.7 Å². The molecule has 0 bridgehead atoms. The Balaban J connectivity index is 2.37. The maximum absolute atomic E-state index is 9.76. The van der Waals surface area contributed by atoms with Crippen molar-refractivity contribution in [3.63, 3.8) is 0 Å². The van der Waals surface area contributed by atoms with Gasteiger partial charge in [-0.3, -0.25) is 0 Å². The van der Waals surface area contributed by atoms with E-state index in [1.807, 2.05) is 25.2 Å². The highest BCUT2D eigenvalue weighted by Gasteiger charge is 2.44. The Bertz CT molecular complexity index is 424. The first kappa shape index (κ1) is 14.2. The highest BCUT2D eigenvalue weighted by atomic mass is 16.5. The van der Waals surface area contributed by atoms with E-state index in [1.165, 1.54) is 6.42 Å². The lowest BCUT2D eigenvalue weighted by atomic mass is 9.63. The molecule has 2 N–H and O–H groups in total. The first-order valence-electron chi connectivity index (χ1n) is 6.71. The normalized spacial score (nSPS) is 18.5. The number of benzene rings is 1. The van der Waals surface area contributed by atoms with Gasteiger partial charge in [-0.1, -0.05) is 12.5 Å². The van der Waals surface area contributed by atoms with Gasteiger partial charge in [0.2, 0.25) is 0 Å². The Morgan fingerprint density at radius 3 is 2.47 bits per heavy atom. The molecule has 0 aromatic heterocycles. The van der Waals surface area contributed by atoms with Gasteiger partial charge in [-0.05, 0) is 26.0 Å². The van der Waals surface area contributed by atoms with Gasteiger partial charge in [0.1, 0.15) is 11.5 Å². The summed E-state index contributed by atoms with van der Waals surface area (Å²) in [6.45, 7) is 0.202. The molecule has 0 aliphatic heterocycles. The molecular weight excluding hydrogens is 242 g/mol. The fourth-order valence-corrected chi connectivity index (χ4v) is 3.02. The molecule has 0 amide bonds. The predicted molar refractivity (Wildman–Crippen MR) is 74.7 cm³/mol. The second-order valence-electron chi connectivity index (χ2n) is 5.20. The first-order chi connectivity index (χ1) is 9.20. The zero-order chi connectivity index (χ0) is 13.9. The largest absolute Gasteiger partial charge is 0.497 e. The Morgan fingerprint density at radius 2 is 2.05 bits per heavy atom. The zero-order valence-electron chi connectivity index (χ0n) is 11.9. The smallest absolute Gasteiger partial charge is 0.127 e. The van der Waals surface area contributed by atoms with Crippen molar-refractivity contribution in [1.29, 1.82) is 0 Å². The van der Waals surface area contributed by atoms with E-state index in [1.54, 1.807) is 14.2 Å². The number of hydrogen-bond acceptors (Lipinski definition) is 4. The molecule has 1 fully saturated rings. The molecule has 1 saturated carbocycles. The van der Waals surface area contributed by atoms with Crippen molar-refractivity contribution in [2.24, 2.45) is 5.41 Å². The average molecular weight is 265 g/mol. The van der Waals surface area contributed by atoms with E-state index in [4.69, 9.17) is 9.47 Å². The number of aliphatic hydroxyl groups is 1. The lowest BCUT2D eigenvalue weighted by Crippen LogP contribution is -2.44. The minimum Gasteiger partial charge on any atom is -0.497 e. The molecule has 4 nitrogen and oxygen atoms in total. The number of rotatable bonds is 6. The van der Waals surface area contributed by atoms with E-state index in [0.717, 1.165) is 29.9 Å². The summed E-state index contributed by atoms with van der Waals surface area (Å²) in [5.41, 5.74) is 1.02. The molecule has 1 aromatic carbocycles. The van der Waals surface area contributed by atoms with Crippen LogP contribution in [0.3, 0.4) is 0 Å². The van der Waals surface area contributed by atoms with Gasteiger partial charge in [0.05, 0.1) is 20.8 Å². The highest BCUT2D eigenvalue weighted by Crippen LogP contribution is 2.51. The molecule has 0 heterocycles. The number of nitrogens with one attached hydrogen (secondary N) is 1. The molecule has 0 spiro atoms. The maximum atomic E-state index is 9.76. The van der Waals surface area contributed by atoms with Crippen LogP contribution in [0.15, 0.2) is 18.2 Å². The predicted octanol–water partition coefficient (Wildman–Crippen LogP) is 2.13. The molecule has 19 heavy (non-hydrogen) atoms. The van der Waals surface area contributed by atoms with Crippen LogP contribution in [0.1, 0.15) is 30.9 Å². The van der Waals surface area contributed by atoms with Crippen molar-refractivity contribution < 1.29 is 14.6 Å². The second kappa shape index (κ2) is 5.80. The van der Waals surface area contributed by atoms with Gasteiger partial charge in [0.15, 0.2) is 0 Å². The van der Waals surface area contributed by atoms with Crippen LogP contribution in [0.2, 0.25) is 0 Å². The molecule has 1 aromatic rings. The fourth-order valence-electron chi connectivity index (χ4n) is 3.02. The fraction of sp³-hybridized carbons (Fsp3) is 0.600. The van der Waals surface area contributed by atoms with E-state index >= 15 is 0 Å². The van der Waals surface area contributed by atoms with Crippen LogP contribution >= 0.6 is 0 Å². The molecule has 2 rings (SSSR count). The van der Waals surface area contributed by atoms with Crippen LogP contribution in [-0.4, -0.2) is 33.0 Å². The number of aliphatic hydroxyl groups excluding tert-OH is 1. The van der Waals surface area contributed by atoms with Crippen LogP contribution in [0.5, 0.6) is 11.5 Å². The molecule has 1 unspecified atom stereocenters. The Morgan fingerprint density at radius 1 is 1.32 bits per heavy atom. The van der Waals surface area contributed by atoms with Crippen molar-refractivity contribution in [2.45, 2.75) is 25.3 Å². The van der Waals surface area contributed by atoms with Gasteiger partial charge < -0.3 is 19.9 Å². The summed E-state index contributed by atoms with van der Waals surface area (Å²) < 4.78 is 10.7. The van der Waals surface area contributed by atoms with Crippen LogP contribution in [-0.2, 0) is 0 Å². The molecule has 106 valence electrons. The lowest BCUT2D eigenvalue weighted by Gasteiger charge is -2.47. The molecule has 0 saturated heterocycles. The molecule has 1 aliphatic carbocycles. The van der Waals surface area contributed by atoms with E-state index in [2.05, 4.69) is 5.32 Å². The van der Waals surface area contributed by atoms with Crippen LogP contribution < -0.4 is 14.8 Å². The minimum atomic E-state index is -0.0589.